The molecule has 0 saturated carbocycles. The third kappa shape index (κ3) is 5.31. The summed E-state index contributed by atoms with van der Waals surface area (Å²) in [6.07, 6.45) is 7.79. The fourth-order valence-corrected chi connectivity index (χ4v) is 1.82. The van der Waals surface area contributed by atoms with Crippen LogP contribution in [-0.2, 0) is 4.74 Å². The normalized spacial score (nSPS) is 10.5. The molecule has 2 aromatic rings. The molecule has 0 spiro atoms. The number of nitrogens with one attached hydrogen (secondary N) is 1. The lowest BCUT2D eigenvalue weighted by Crippen LogP contribution is -2.01. The Morgan fingerprint density at radius 2 is 1.96 bits per heavy atom. The summed E-state index contributed by atoms with van der Waals surface area (Å²) in [4.78, 5) is 15.9. The molecule has 1 heterocycles. The van der Waals surface area contributed by atoms with E-state index in [0.717, 1.165) is 5.56 Å². The number of aromatic nitrogens is 2. The Hall–Kier alpha value is -3.02. The summed E-state index contributed by atoms with van der Waals surface area (Å²) in [5.41, 5.74) is 1.98. The van der Waals surface area contributed by atoms with Gasteiger partial charge in [0.15, 0.2) is 5.82 Å². The van der Waals surface area contributed by atoms with E-state index in [9.17, 15) is 4.79 Å². The first kappa shape index (κ1) is 19.0. The number of carbonyl (C=O) groups excluding carboxylic acids is 1. The first-order chi connectivity index (χ1) is 11.6. The van der Waals surface area contributed by atoms with Gasteiger partial charge in [0.2, 0.25) is 0 Å². The number of hydrogen-bond donors (Lipinski definition) is 1. The van der Waals surface area contributed by atoms with Gasteiger partial charge in [0, 0.05) is 11.8 Å². The van der Waals surface area contributed by atoms with Crippen molar-refractivity contribution in [2.45, 2.75) is 20.8 Å². The number of ether oxygens (including phenoxy) is 1. The highest BCUT2D eigenvalue weighted by Gasteiger charge is 2.12. The Bertz CT molecular complexity index is 746. The number of carbonyl (C=O) groups is 1. The maximum Gasteiger partial charge on any atom is 0.337 e. The van der Waals surface area contributed by atoms with E-state index in [2.05, 4.69) is 10.1 Å². The topological polar surface area (TPSA) is 89.1 Å². The Kier molecular flexibility index (Phi) is 7.84. The van der Waals surface area contributed by atoms with Gasteiger partial charge in [0.05, 0.1) is 12.7 Å². The van der Waals surface area contributed by atoms with Crippen LogP contribution in [0.1, 0.15) is 35.6 Å². The fourth-order valence-electron chi connectivity index (χ4n) is 1.82. The number of hydrogen-bond acceptors (Lipinski definition) is 6. The van der Waals surface area contributed by atoms with Gasteiger partial charge >= 0.3 is 5.97 Å². The van der Waals surface area contributed by atoms with Gasteiger partial charge in [-0.2, -0.15) is 4.98 Å². The number of methoxy groups -OCH3 is 1. The van der Waals surface area contributed by atoms with Crippen molar-refractivity contribution in [1.82, 2.24) is 10.1 Å². The van der Waals surface area contributed by atoms with Crippen molar-refractivity contribution in [2.75, 3.05) is 7.11 Å². The molecule has 1 N–H and O–H groups in total. The molecule has 0 saturated heterocycles. The minimum atomic E-state index is -0.415. The van der Waals surface area contributed by atoms with Gasteiger partial charge in [-0.25, -0.2) is 4.79 Å². The van der Waals surface area contributed by atoms with Gasteiger partial charge in [0.1, 0.15) is 0 Å². The molecule has 24 heavy (non-hydrogen) atoms. The van der Waals surface area contributed by atoms with Crippen molar-refractivity contribution in [3.8, 4) is 11.5 Å². The summed E-state index contributed by atoms with van der Waals surface area (Å²) in [7, 11) is 1.34. The van der Waals surface area contributed by atoms with Crippen LogP contribution in [0.25, 0.3) is 17.5 Å². The summed E-state index contributed by atoms with van der Waals surface area (Å²) < 4.78 is 9.92. The minimum Gasteiger partial charge on any atom is -0.465 e. The van der Waals surface area contributed by atoms with Crippen LogP contribution < -0.4 is 0 Å². The van der Waals surface area contributed by atoms with Crippen LogP contribution in [0.3, 0.4) is 0 Å². The highest BCUT2D eigenvalue weighted by atomic mass is 16.5. The summed E-state index contributed by atoms with van der Waals surface area (Å²) in [6.45, 7) is 5.87. The molecule has 1 aromatic heterocycles. The second-order valence-electron chi connectivity index (χ2n) is 4.45. The third-order valence-electron chi connectivity index (χ3n) is 2.75. The average Bonchev–Trinajstić information content (AvgIpc) is 3.08. The molecule has 0 aliphatic rings. The number of rotatable bonds is 5. The second kappa shape index (κ2) is 9.89. The van der Waals surface area contributed by atoms with Gasteiger partial charge < -0.3 is 14.7 Å². The Morgan fingerprint density at radius 3 is 2.62 bits per heavy atom. The van der Waals surface area contributed by atoms with E-state index >= 15 is 0 Å². The van der Waals surface area contributed by atoms with Gasteiger partial charge in [-0.05, 0) is 42.8 Å². The lowest BCUT2D eigenvalue weighted by molar-refractivity contribution is 0.0600. The molecule has 6 nitrogen and oxygen atoms in total. The fraction of sp³-hybridized carbons (Fsp3) is 0.222. The summed E-state index contributed by atoms with van der Waals surface area (Å²) in [5.74, 6) is 0.316. The molecular weight excluding hydrogens is 306 g/mol. The third-order valence-corrected chi connectivity index (χ3v) is 2.75. The van der Waals surface area contributed by atoms with Crippen molar-refractivity contribution in [3.63, 3.8) is 0 Å². The zero-order valence-electron chi connectivity index (χ0n) is 14.2. The van der Waals surface area contributed by atoms with Crippen LogP contribution in [0.15, 0.2) is 41.0 Å². The van der Waals surface area contributed by atoms with Gasteiger partial charge in [-0.15, -0.1) is 0 Å². The van der Waals surface area contributed by atoms with Crippen molar-refractivity contribution < 1.29 is 14.1 Å². The molecule has 0 unspecified atom stereocenters. The van der Waals surface area contributed by atoms with Gasteiger partial charge in [-0.3, -0.25) is 0 Å². The van der Waals surface area contributed by atoms with E-state index in [4.69, 9.17) is 14.7 Å². The van der Waals surface area contributed by atoms with E-state index in [1.165, 1.54) is 13.3 Å². The molecule has 1 aromatic carbocycles. The molecule has 2 rings (SSSR count). The monoisotopic (exact) mass is 327 g/mol. The van der Waals surface area contributed by atoms with Crippen LogP contribution in [-0.4, -0.2) is 29.4 Å². The lowest BCUT2D eigenvalue weighted by Gasteiger charge is -2.03. The molecule has 0 atom stereocenters. The molecular formula is C18H21N3O3. The Labute approximate surface area is 141 Å². The average molecular weight is 327 g/mol. The van der Waals surface area contributed by atoms with Crippen molar-refractivity contribution in [1.29, 1.82) is 5.41 Å². The number of aryl methyl sites for hydroxylation is 1. The highest BCUT2D eigenvalue weighted by Crippen LogP contribution is 2.21. The van der Waals surface area contributed by atoms with Crippen molar-refractivity contribution in [3.05, 3.63) is 53.4 Å². The number of nitrogens with zero attached hydrogens (tertiary/aromatic N) is 2. The van der Waals surface area contributed by atoms with Crippen LogP contribution in [0.4, 0.5) is 0 Å². The minimum absolute atomic E-state index is 0.324. The number of esters is 1. The smallest absolute Gasteiger partial charge is 0.337 e. The van der Waals surface area contributed by atoms with E-state index in [1.807, 2.05) is 26.8 Å². The molecule has 0 aliphatic heterocycles. The molecule has 0 fully saturated rings. The highest BCUT2D eigenvalue weighted by molar-refractivity contribution is 5.91. The Morgan fingerprint density at radius 1 is 1.21 bits per heavy atom. The lowest BCUT2D eigenvalue weighted by atomic mass is 10.1. The summed E-state index contributed by atoms with van der Waals surface area (Å²) in [5, 5.41) is 10.7. The predicted molar refractivity (Wildman–Crippen MR) is 94.1 cm³/mol. The first-order valence-corrected chi connectivity index (χ1v) is 7.52. The zero-order chi connectivity index (χ0) is 17.9. The standard InChI is InChI=1S/C16H15N3O3.C2H6/c1-11-8-12(10-13(9-11)16(20)21-2)15-18-14(19-22-15)6-4-3-5-7-17;1-2/h3-10,17H,1-2H3;1-2H3/b5-3-,6-4+,17-7?;. The molecule has 126 valence electrons. The van der Waals surface area contributed by atoms with E-state index in [0.29, 0.717) is 22.8 Å². The van der Waals surface area contributed by atoms with Crippen LogP contribution in [0, 0.1) is 12.3 Å². The van der Waals surface area contributed by atoms with Crippen LogP contribution >= 0.6 is 0 Å². The molecule has 0 radical (unpaired) electrons. The quantitative estimate of drug-likeness (QED) is 0.508. The van der Waals surface area contributed by atoms with E-state index in [1.54, 1.807) is 36.4 Å². The number of benzene rings is 1. The maximum atomic E-state index is 11.6. The second-order valence-corrected chi connectivity index (χ2v) is 4.45. The summed E-state index contributed by atoms with van der Waals surface area (Å²) in [6, 6.07) is 5.23. The molecule has 6 heteroatoms. The molecule has 0 amide bonds. The zero-order valence-corrected chi connectivity index (χ0v) is 14.2. The maximum absolute atomic E-state index is 11.6. The van der Waals surface area contributed by atoms with Gasteiger partial charge in [0.25, 0.3) is 5.89 Å². The van der Waals surface area contributed by atoms with Crippen molar-refractivity contribution in [2.24, 2.45) is 0 Å². The Balaban J connectivity index is 0.00000139. The van der Waals surface area contributed by atoms with Crippen LogP contribution in [0.2, 0.25) is 0 Å². The molecule has 0 aliphatic carbocycles. The van der Waals surface area contributed by atoms with E-state index in [-0.39, 0.29) is 0 Å². The van der Waals surface area contributed by atoms with Crippen LogP contribution in [0.5, 0.6) is 0 Å². The first-order valence-electron chi connectivity index (χ1n) is 7.52. The van der Waals surface area contributed by atoms with Crippen molar-refractivity contribution >= 4 is 18.3 Å². The van der Waals surface area contributed by atoms with E-state index < -0.39 is 5.97 Å². The largest absolute Gasteiger partial charge is 0.465 e. The number of allylic oxidation sites excluding steroid dienone is 3. The summed E-state index contributed by atoms with van der Waals surface area (Å²) >= 11 is 0. The SMILES string of the molecule is CC.COC(=O)c1cc(C)cc(-c2nc(/C=C/C=C\C=N)no2)c1. The van der Waals surface area contributed by atoms with Gasteiger partial charge in [-0.1, -0.05) is 31.2 Å². The molecule has 0 bridgehead atoms. The predicted octanol–water partition coefficient (Wildman–Crippen LogP) is 4.08.